The normalized spacial score (nSPS) is 10.1. The predicted molar refractivity (Wildman–Crippen MR) is 54.6 cm³/mol. The van der Waals surface area contributed by atoms with E-state index in [4.69, 9.17) is 0 Å². The van der Waals surface area contributed by atoms with Gasteiger partial charge in [0.05, 0.1) is 6.20 Å². The van der Waals surface area contributed by atoms with Crippen LogP contribution in [0.4, 0.5) is 0 Å². The summed E-state index contributed by atoms with van der Waals surface area (Å²) >= 11 is 0. The second-order valence-electron chi connectivity index (χ2n) is 3.46. The van der Waals surface area contributed by atoms with Crippen molar-refractivity contribution < 1.29 is 4.79 Å². The minimum absolute atomic E-state index is 0.202. The largest absolute Gasteiger partial charge is 0.341 e. The number of hydrogen-bond acceptors (Lipinski definition) is 2. The summed E-state index contributed by atoms with van der Waals surface area (Å²) in [6, 6.07) is 0. The number of aromatic nitrogens is 2. The summed E-state index contributed by atoms with van der Waals surface area (Å²) in [5, 5.41) is 6.56. The zero-order valence-corrected chi connectivity index (χ0v) is 8.79. The molecule has 0 atom stereocenters. The quantitative estimate of drug-likeness (QED) is 0.775. The topological polar surface area (TPSA) is 49.0 Å². The number of aromatic amines is 1. The van der Waals surface area contributed by atoms with Crippen LogP contribution in [0.3, 0.4) is 0 Å². The average Bonchev–Trinajstić information content (AvgIpc) is 2.66. The molecule has 0 aliphatic carbocycles. The van der Waals surface area contributed by atoms with Crippen molar-refractivity contribution >= 4 is 5.91 Å². The monoisotopic (exact) mass is 195 g/mol. The van der Waals surface area contributed by atoms with Gasteiger partial charge in [0, 0.05) is 31.8 Å². The fourth-order valence-electron chi connectivity index (χ4n) is 1.24. The summed E-state index contributed by atoms with van der Waals surface area (Å²) in [4.78, 5) is 13.3. The Labute approximate surface area is 84.3 Å². The summed E-state index contributed by atoms with van der Waals surface area (Å²) in [5.74, 6) is 0.202. The van der Waals surface area contributed by atoms with Crippen LogP contribution in [0.5, 0.6) is 0 Å². The first-order chi connectivity index (χ1) is 6.74. The maximum absolute atomic E-state index is 11.5. The number of rotatable bonds is 5. The minimum atomic E-state index is 0.202. The number of nitrogens with zero attached hydrogens (tertiary/aromatic N) is 2. The summed E-state index contributed by atoms with van der Waals surface area (Å²) in [6.45, 7) is 2.72. The van der Waals surface area contributed by atoms with Crippen LogP contribution in [0.25, 0.3) is 0 Å². The van der Waals surface area contributed by atoms with E-state index in [-0.39, 0.29) is 5.91 Å². The summed E-state index contributed by atoms with van der Waals surface area (Å²) in [7, 11) is 1.82. The van der Waals surface area contributed by atoms with E-state index in [1.807, 2.05) is 13.2 Å². The Morgan fingerprint density at radius 3 is 3.00 bits per heavy atom. The minimum Gasteiger partial charge on any atom is -0.341 e. The lowest BCUT2D eigenvalue weighted by atomic mass is 10.2. The number of H-pyrrole nitrogens is 1. The van der Waals surface area contributed by atoms with Gasteiger partial charge < -0.3 is 4.90 Å². The molecule has 1 amide bonds. The summed E-state index contributed by atoms with van der Waals surface area (Å²) in [5.41, 5.74) is 1.04. The zero-order valence-electron chi connectivity index (χ0n) is 8.79. The molecule has 14 heavy (non-hydrogen) atoms. The van der Waals surface area contributed by atoms with Gasteiger partial charge in [-0.15, -0.1) is 0 Å². The molecule has 0 saturated carbocycles. The molecule has 4 nitrogen and oxygen atoms in total. The molecule has 1 aromatic heterocycles. The molecule has 0 saturated heterocycles. The van der Waals surface area contributed by atoms with E-state index in [2.05, 4.69) is 17.1 Å². The van der Waals surface area contributed by atoms with Gasteiger partial charge >= 0.3 is 0 Å². The van der Waals surface area contributed by atoms with E-state index in [0.29, 0.717) is 13.0 Å². The van der Waals surface area contributed by atoms with Gasteiger partial charge in [-0.25, -0.2) is 0 Å². The van der Waals surface area contributed by atoms with Crippen molar-refractivity contribution in [2.75, 3.05) is 7.05 Å². The highest BCUT2D eigenvalue weighted by Crippen LogP contribution is 2.03. The highest BCUT2D eigenvalue weighted by Gasteiger charge is 2.08. The molecule has 1 aromatic rings. The molecule has 0 aliphatic heterocycles. The third-order valence-corrected chi connectivity index (χ3v) is 2.14. The van der Waals surface area contributed by atoms with Crippen molar-refractivity contribution in [1.82, 2.24) is 15.1 Å². The van der Waals surface area contributed by atoms with Crippen molar-refractivity contribution in [3.8, 4) is 0 Å². The molecular formula is C10H17N3O. The highest BCUT2D eigenvalue weighted by atomic mass is 16.2. The molecule has 0 radical (unpaired) electrons. The van der Waals surface area contributed by atoms with Crippen LogP contribution in [0.2, 0.25) is 0 Å². The summed E-state index contributed by atoms with van der Waals surface area (Å²) in [6.07, 6.45) is 6.22. The Balaban J connectivity index is 2.34. The van der Waals surface area contributed by atoms with Crippen LogP contribution in [0, 0.1) is 0 Å². The molecule has 0 aromatic carbocycles. The van der Waals surface area contributed by atoms with Gasteiger partial charge in [-0.2, -0.15) is 5.10 Å². The molecule has 4 heteroatoms. The number of carbonyl (C=O) groups excluding carboxylic acids is 1. The maximum atomic E-state index is 11.5. The molecule has 0 aliphatic rings. The van der Waals surface area contributed by atoms with Gasteiger partial charge in [0.25, 0.3) is 0 Å². The Bertz CT molecular complexity index is 269. The van der Waals surface area contributed by atoms with E-state index in [1.54, 1.807) is 11.1 Å². The van der Waals surface area contributed by atoms with Gasteiger partial charge in [-0.05, 0) is 6.42 Å². The van der Waals surface area contributed by atoms with Gasteiger partial charge in [0.15, 0.2) is 0 Å². The van der Waals surface area contributed by atoms with E-state index in [0.717, 1.165) is 18.4 Å². The van der Waals surface area contributed by atoms with Gasteiger partial charge in [0.1, 0.15) is 0 Å². The molecule has 0 bridgehead atoms. The highest BCUT2D eigenvalue weighted by molar-refractivity contribution is 5.75. The molecule has 0 unspecified atom stereocenters. The Morgan fingerprint density at radius 2 is 2.43 bits per heavy atom. The van der Waals surface area contributed by atoms with Crippen molar-refractivity contribution in [3.63, 3.8) is 0 Å². The van der Waals surface area contributed by atoms with Gasteiger partial charge in [-0.3, -0.25) is 9.89 Å². The zero-order chi connectivity index (χ0) is 10.4. The van der Waals surface area contributed by atoms with Crippen molar-refractivity contribution in [1.29, 1.82) is 0 Å². The average molecular weight is 195 g/mol. The molecule has 1 N–H and O–H groups in total. The van der Waals surface area contributed by atoms with Crippen molar-refractivity contribution in [2.24, 2.45) is 0 Å². The fourth-order valence-corrected chi connectivity index (χ4v) is 1.24. The van der Waals surface area contributed by atoms with Crippen molar-refractivity contribution in [2.45, 2.75) is 32.7 Å². The van der Waals surface area contributed by atoms with Gasteiger partial charge in [0.2, 0.25) is 5.91 Å². The SMILES string of the molecule is CCCCC(=O)N(C)Cc1cn[nH]c1. The van der Waals surface area contributed by atoms with Crippen molar-refractivity contribution in [3.05, 3.63) is 18.0 Å². The van der Waals surface area contributed by atoms with Crippen LogP contribution >= 0.6 is 0 Å². The Kier molecular flexibility index (Phi) is 4.16. The first-order valence-corrected chi connectivity index (χ1v) is 4.95. The molecule has 1 heterocycles. The number of carbonyl (C=O) groups is 1. The van der Waals surface area contributed by atoms with E-state index >= 15 is 0 Å². The lowest BCUT2D eigenvalue weighted by molar-refractivity contribution is -0.130. The second kappa shape index (κ2) is 5.42. The molecule has 1 rings (SSSR count). The molecule has 78 valence electrons. The van der Waals surface area contributed by atoms with Crippen LogP contribution in [0.15, 0.2) is 12.4 Å². The summed E-state index contributed by atoms with van der Waals surface area (Å²) < 4.78 is 0. The van der Waals surface area contributed by atoms with E-state index in [9.17, 15) is 4.79 Å². The number of nitrogens with one attached hydrogen (secondary N) is 1. The molecule has 0 fully saturated rings. The van der Waals surface area contributed by atoms with Crippen LogP contribution in [-0.4, -0.2) is 28.1 Å². The lowest BCUT2D eigenvalue weighted by Gasteiger charge is -2.15. The third kappa shape index (κ3) is 3.20. The van der Waals surface area contributed by atoms with E-state index in [1.165, 1.54) is 0 Å². The van der Waals surface area contributed by atoms with Crippen LogP contribution in [0.1, 0.15) is 31.7 Å². The number of amides is 1. The van der Waals surface area contributed by atoms with Gasteiger partial charge in [-0.1, -0.05) is 13.3 Å². The number of unbranched alkanes of at least 4 members (excludes halogenated alkanes) is 1. The predicted octanol–water partition coefficient (Wildman–Crippen LogP) is 1.56. The smallest absolute Gasteiger partial charge is 0.222 e. The Hall–Kier alpha value is -1.32. The standard InChI is InChI=1S/C10H17N3O/c1-3-4-5-10(14)13(2)8-9-6-11-12-7-9/h6-7H,3-5,8H2,1-2H3,(H,11,12). The van der Waals surface area contributed by atoms with Crippen LogP contribution in [-0.2, 0) is 11.3 Å². The van der Waals surface area contributed by atoms with E-state index < -0.39 is 0 Å². The third-order valence-electron chi connectivity index (χ3n) is 2.14. The lowest BCUT2D eigenvalue weighted by Crippen LogP contribution is -2.25. The molecular weight excluding hydrogens is 178 g/mol. The Morgan fingerprint density at radius 1 is 1.64 bits per heavy atom. The maximum Gasteiger partial charge on any atom is 0.222 e. The van der Waals surface area contributed by atoms with Crippen LogP contribution < -0.4 is 0 Å². The first-order valence-electron chi connectivity index (χ1n) is 4.95. The molecule has 0 spiro atoms. The second-order valence-corrected chi connectivity index (χ2v) is 3.46. The fraction of sp³-hybridized carbons (Fsp3) is 0.600. The first kappa shape index (κ1) is 10.8. The number of hydrogen-bond donors (Lipinski definition) is 1.